The van der Waals surface area contributed by atoms with E-state index < -0.39 is 29.6 Å². The highest BCUT2D eigenvalue weighted by Crippen LogP contribution is 2.31. The lowest BCUT2D eigenvalue weighted by Crippen LogP contribution is -2.34. The van der Waals surface area contributed by atoms with Gasteiger partial charge in [-0.25, -0.2) is 9.18 Å². The number of hydrogen-bond donors (Lipinski definition) is 3. The zero-order valence-electron chi connectivity index (χ0n) is 14.6. The van der Waals surface area contributed by atoms with Gasteiger partial charge in [0.15, 0.2) is 0 Å². The van der Waals surface area contributed by atoms with Crippen LogP contribution in [-0.2, 0) is 6.18 Å². The molecule has 10 heteroatoms. The smallest absolute Gasteiger partial charge is 0.327 e. The van der Waals surface area contributed by atoms with Crippen molar-refractivity contribution in [2.45, 2.75) is 12.2 Å². The first-order valence-electron chi connectivity index (χ1n) is 8.28. The molecule has 0 saturated carbocycles. The van der Waals surface area contributed by atoms with Crippen LogP contribution in [0.2, 0.25) is 0 Å². The summed E-state index contributed by atoms with van der Waals surface area (Å²) in [5, 5.41) is 4.93. The van der Waals surface area contributed by atoms with Crippen molar-refractivity contribution in [3.8, 4) is 0 Å². The predicted molar refractivity (Wildman–Crippen MR) is 96.7 cm³/mol. The van der Waals surface area contributed by atoms with E-state index >= 15 is 0 Å². The molecule has 3 aromatic rings. The normalized spacial score (nSPS) is 12.3. The summed E-state index contributed by atoms with van der Waals surface area (Å²) in [7, 11) is 0. The van der Waals surface area contributed by atoms with E-state index in [2.05, 4.69) is 20.6 Å². The summed E-state index contributed by atoms with van der Waals surface area (Å²) >= 11 is 0. The van der Waals surface area contributed by atoms with E-state index in [4.69, 9.17) is 0 Å². The second-order valence-corrected chi connectivity index (χ2v) is 5.96. The third-order valence-electron chi connectivity index (χ3n) is 3.95. The van der Waals surface area contributed by atoms with Crippen molar-refractivity contribution in [2.75, 3.05) is 5.32 Å². The number of hydrogen-bond acceptors (Lipinski definition) is 3. The van der Waals surface area contributed by atoms with Crippen molar-refractivity contribution < 1.29 is 22.4 Å². The quantitative estimate of drug-likeness (QED) is 0.576. The lowest BCUT2D eigenvalue weighted by molar-refractivity contribution is -0.137. The van der Waals surface area contributed by atoms with E-state index in [0.717, 1.165) is 30.3 Å². The zero-order chi connectivity index (χ0) is 21.0. The number of nitrogens with one attached hydrogen (secondary N) is 3. The van der Waals surface area contributed by atoms with Crippen LogP contribution in [0, 0.1) is 5.82 Å². The molecule has 0 aliphatic rings. The molecule has 0 spiro atoms. The molecule has 2 heterocycles. The molecule has 1 aromatic carbocycles. The molecule has 2 aromatic heterocycles. The minimum Gasteiger partial charge on any atom is -0.327 e. The Morgan fingerprint density at radius 3 is 2.38 bits per heavy atom. The fourth-order valence-electron chi connectivity index (χ4n) is 2.57. The molecule has 0 aliphatic carbocycles. The number of carbonyl (C=O) groups is 1. The number of aromatic amines is 1. The number of aromatic nitrogens is 2. The highest BCUT2D eigenvalue weighted by Gasteiger charge is 2.31. The third kappa shape index (κ3) is 4.98. The SMILES string of the molecule is O=C(Nc1ccc(=O)[nH]c1)N[C@@H](c1ccc(C(F)(F)F)cc1)c1ncccc1F. The topological polar surface area (TPSA) is 86.9 Å². The van der Waals surface area contributed by atoms with Crippen LogP contribution in [-0.4, -0.2) is 16.0 Å². The Bertz CT molecular complexity index is 1040. The van der Waals surface area contributed by atoms with Crippen LogP contribution in [0.15, 0.2) is 65.7 Å². The van der Waals surface area contributed by atoms with Crippen molar-refractivity contribution in [1.82, 2.24) is 15.3 Å². The predicted octanol–water partition coefficient (Wildman–Crippen LogP) is 3.84. The summed E-state index contributed by atoms with van der Waals surface area (Å²) in [6.45, 7) is 0. The second kappa shape index (κ2) is 8.13. The number of anilines is 1. The van der Waals surface area contributed by atoms with Gasteiger partial charge in [-0.05, 0) is 35.9 Å². The van der Waals surface area contributed by atoms with Gasteiger partial charge < -0.3 is 15.6 Å². The molecule has 6 nitrogen and oxygen atoms in total. The van der Waals surface area contributed by atoms with Gasteiger partial charge in [-0.3, -0.25) is 9.78 Å². The number of amides is 2. The molecule has 29 heavy (non-hydrogen) atoms. The van der Waals surface area contributed by atoms with Gasteiger partial charge in [0.2, 0.25) is 5.56 Å². The molecule has 0 radical (unpaired) electrons. The Morgan fingerprint density at radius 1 is 1.07 bits per heavy atom. The van der Waals surface area contributed by atoms with Crippen LogP contribution in [0.1, 0.15) is 22.9 Å². The van der Waals surface area contributed by atoms with E-state index in [0.29, 0.717) is 0 Å². The van der Waals surface area contributed by atoms with Gasteiger partial charge in [0.1, 0.15) is 17.6 Å². The first kappa shape index (κ1) is 20.1. The van der Waals surface area contributed by atoms with Gasteiger partial charge in [0, 0.05) is 18.5 Å². The monoisotopic (exact) mass is 406 g/mol. The van der Waals surface area contributed by atoms with E-state index in [-0.39, 0.29) is 22.5 Å². The van der Waals surface area contributed by atoms with Crippen molar-refractivity contribution in [1.29, 1.82) is 0 Å². The Hall–Kier alpha value is -3.69. The zero-order valence-corrected chi connectivity index (χ0v) is 14.6. The van der Waals surface area contributed by atoms with Crippen molar-refractivity contribution in [3.63, 3.8) is 0 Å². The summed E-state index contributed by atoms with van der Waals surface area (Å²) in [5.41, 5.74) is -0.945. The molecule has 150 valence electrons. The Kier molecular flexibility index (Phi) is 5.62. The first-order chi connectivity index (χ1) is 13.7. The molecule has 0 aliphatic heterocycles. The van der Waals surface area contributed by atoms with Gasteiger partial charge in [-0.2, -0.15) is 13.2 Å². The van der Waals surface area contributed by atoms with Crippen LogP contribution >= 0.6 is 0 Å². The maximum absolute atomic E-state index is 14.3. The Morgan fingerprint density at radius 2 is 1.79 bits per heavy atom. The minimum atomic E-state index is -4.53. The van der Waals surface area contributed by atoms with Crippen LogP contribution in [0.3, 0.4) is 0 Å². The average Bonchev–Trinajstić information content (AvgIpc) is 2.68. The van der Waals surface area contributed by atoms with Crippen LogP contribution in [0.5, 0.6) is 0 Å². The molecule has 3 N–H and O–H groups in total. The third-order valence-corrected chi connectivity index (χ3v) is 3.95. The van der Waals surface area contributed by atoms with E-state index in [1.54, 1.807) is 0 Å². The summed E-state index contributed by atoms with van der Waals surface area (Å²) in [6, 6.07) is 7.06. The average molecular weight is 406 g/mol. The van der Waals surface area contributed by atoms with Crippen molar-refractivity contribution in [2.24, 2.45) is 0 Å². The molecule has 0 saturated heterocycles. The van der Waals surface area contributed by atoms with Crippen molar-refractivity contribution >= 4 is 11.7 Å². The minimum absolute atomic E-state index is 0.163. The van der Waals surface area contributed by atoms with E-state index in [1.165, 1.54) is 30.6 Å². The number of nitrogens with zero attached hydrogens (tertiary/aromatic N) is 1. The summed E-state index contributed by atoms with van der Waals surface area (Å²) in [6.07, 6.45) is -1.97. The number of urea groups is 1. The number of pyridine rings is 2. The standard InChI is InChI=1S/C19H14F4N4O2/c20-14-2-1-9-24-17(14)16(11-3-5-12(6-4-11)19(21,22)23)27-18(29)26-13-7-8-15(28)25-10-13/h1-10,16H,(H,25,28)(H2,26,27,29)/t16-/m0/s1. The molecule has 1 atom stereocenters. The van der Waals surface area contributed by atoms with Gasteiger partial charge in [-0.15, -0.1) is 0 Å². The number of carbonyl (C=O) groups excluding carboxylic acids is 1. The van der Waals surface area contributed by atoms with Gasteiger partial charge in [0.05, 0.1) is 11.3 Å². The maximum atomic E-state index is 14.3. The molecule has 3 rings (SSSR count). The lowest BCUT2D eigenvalue weighted by atomic mass is 10.0. The van der Waals surface area contributed by atoms with Gasteiger partial charge in [0.25, 0.3) is 0 Å². The Balaban J connectivity index is 1.89. The number of rotatable bonds is 4. The second-order valence-electron chi connectivity index (χ2n) is 5.96. The number of halogens is 4. The highest BCUT2D eigenvalue weighted by atomic mass is 19.4. The molecular weight excluding hydrogens is 392 g/mol. The molecule has 0 bridgehead atoms. The molecule has 0 unspecified atom stereocenters. The van der Waals surface area contributed by atoms with E-state index in [1.807, 2.05) is 0 Å². The number of H-pyrrole nitrogens is 1. The lowest BCUT2D eigenvalue weighted by Gasteiger charge is -2.20. The van der Waals surface area contributed by atoms with Crippen LogP contribution < -0.4 is 16.2 Å². The van der Waals surface area contributed by atoms with Crippen LogP contribution in [0.4, 0.5) is 28.0 Å². The molecule has 2 amide bonds. The van der Waals surface area contributed by atoms with Gasteiger partial charge >= 0.3 is 12.2 Å². The van der Waals surface area contributed by atoms with Gasteiger partial charge in [-0.1, -0.05) is 12.1 Å². The highest BCUT2D eigenvalue weighted by molar-refractivity contribution is 5.89. The van der Waals surface area contributed by atoms with E-state index in [9.17, 15) is 27.2 Å². The molecule has 0 fully saturated rings. The largest absolute Gasteiger partial charge is 0.416 e. The van der Waals surface area contributed by atoms with Crippen molar-refractivity contribution in [3.05, 3.63) is 93.9 Å². The summed E-state index contributed by atoms with van der Waals surface area (Å²) < 4.78 is 52.7. The summed E-state index contributed by atoms with van der Waals surface area (Å²) in [4.78, 5) is 29.7. The fraction of sp³-hybridized carbons (Fsp3) is 0.105. The number of alkyl halides is 3. The Labute approximate surface area is 161 Å². The fourth-order valence-corrected chi connectivity index (χ4v) is 2.57. The molecular formula is C19H14F4N4O2. The summed E-state index contributed by atoms with van der Waals surface area (Å²) in [5.74, 6) is -0.735. The first-order valence-corrected chi connectivity index (χ1v) is 8.28. The maximum Gasteiger partial charge on any atom is 0.416 e. The van der Waals surface area contributed by atoms with Crippen LogP contribution in [0.25, 0.3) is 0 Å². The number of benzene rings is 1.